The number of nitrogens with zero attached hydrogens (tertiary/aromatic N) is 1. The zero-order chi connectivity index (χ0) is 13.8. The van der Waals surface area contributed by atoms with Crippen molar-refractivity contribution in [1.29, 1.82) is 0 Å². The fraction of sp³-hybridized carbons (Fsp3) is 0.571. The van der Waals surface area contributed by atoms with E-state index in [2.05, 4.69) is 10.3 Å². The summed E-state index contributed by atoms with van der Waals surface area (Å²) in [6, 6.07) is 3.65. The van der Waals surface area contributed by atoms with Crippen molar-refractivity contribution in [2.75, 3.05) is 11.1 Å². The smallest absolute Gasteiger partial charge is 0.227 e. The molecule has 2 rings (SSSR count). The standard InChI is InChI=1S/C14H22N4O.2ClH.H2O/c1-9(15)10-2-4-11(5-3-10)14(19)18-12-6-7-17-13(16)8-12;;;/h6-11H,2-5,15H2,1H3,(H3,16,17,18,19);2*1H;1H2/t9-,10-,11-;;;/m1.../s1. The topological polar surface area (TPSA) is 126 Å². The van der Waals surface area contributed by atoms with Gasteiger partial charge in [-0.2, -0.15) is 0 Å². The molecule has 22 heavy (non-hydrogen) atoms. The number of aromatic nitrogens is 1. The minimum atomic E-state index is 0. The van der Waals surface area contributed by atoms with Gasteiger partial charge < -0.3 is 22.3 Å². The summed E-state index contributed by atoms with van der Waals surface area (Å²) in [4.78, 5) is 16.1. The van der Waals surface area contributed by atoms with Crippen LogP contribution in [0.4, 0.5) is 11.5 Å². The summed E-state index contributed by atoms with van der Waals surface area (Å²) in [6.07, 6.45) is 5.50. The van der Waals surface area contributed by atoms with Gasteiger partial charge in [0, 0.05) is 29.9 Å². The second kappa shape index (κ2) is 10.6. The third-order valence-electron chi connectivity index (χ3n) is 3.93. The Hall–Kier alpha value is -1.08. The number of hydrogen-bond acceptors (Lipinski definition) is 4. The van der Waals surface area contributed by atoms with Gasteiger partial charge in [0.2, 0.25) is 5.91 Å². The normalized spacial score (nSPS) is 21.4. The first-order chi connectivity index (χ1) is 9.06. The highest BCUT2D eigenvalue weighted by Crippen LogP contribution is 2.31. The van der Waals surface area contributed by atoms with Crippen LogP contribution in [0.5, 0.6) is 0 Å². The van der Waals surface area contributed by atoms with E-state index in [0.717, 1.165) is 25.7 Å². The first-order valence-corrected chi connectivity index (χ1v) is 6.84. The van der Waals surface area contributed by atoms with Gasteiger partial charge >= 0.3 is 0 Å². The number of pyridine rings is 1. The highest BCUT2D eigenvalue weighted by molar-refractivity contribution is 5.92. The van der Waals surface area contributed by atoms with Gasteiger partial charge in [-0.15, -0.1) is 24.8 Å². The number of nitrogens with one attached hydrogen (secondary N) is 1. The number of carbonyl (C=O) groups is 1. The van der Waals surface area contributed by atoms with Gasteiger partial charge in [-0.25, -0.2) is 4.98 Å². The van der Waals surface area contributed by atoms with Crippen molar-refractivity contribution in [3.63, 3.8) is 0 Å². The van der Waals surface area contributed by atoms with Gasteiger partial charge in [0.25, 0.3) is 0 Å². The molecule has 1 saturated carbocycles. The molecule has 0 radical (unpaired) electrons. The van der Waals surface area contributed by atoms with E-state index in [9.17, 15) is 4.79 Å². The van der Waals surface area contributed by atoms with E-state index in [0.29, 0.717) is 17.4 Å². The summed E-state index contributed by atoms with van der Waals surface area (Å²) in [5.41, 5.74) is 12.2. The van der Waals surface area contributed by atoms with Crippen LogP contribution >= 0.6 is 24.8 Å². The molecule has 128 valence electrons. The van der Waals surface area contributed by atoms with Crippen LogP contribution in [0.2, 0.25) is 0 Å². The van der Waals surface area contributed by atoms with Crippen LogP contribution in [0, 0.1) is 11.8 Å². The van der Waals surface area contributed by atoms with Crippen molar-refractivity contribution in [2.45, 2.75) is 38.6 Å². The summed E-state index contributed by atoms with van der Waals surface area (Å²) in [5, 5.41) is 2.91. The van der Waals surface area contributed by atoms with Gasteiger partial charge in [0.15, 0.2) is 0 Å². The maximum Gasteiger partial charge on any atom is 0.227 e. The van der Waals surface area contributed by atoms with Crippen molar-refractivity contribution < 1.29 is 10.3 Å². The Bertz CT molecular complexity index is 452. The molecule has 1 aromatic rings. The summed E-state index contributed by atoms with van der Waals surface area (Å²) < 4.78 is 0. The molecule has 8 heteroatoms. The third-order valence-corrected chi connectivity index (χ3v) is 3.93. The van der Waals surface area contributed by atoms with Crippen molar-refractivity contribution in [3.8, 4) is 0 Å². The molecule has 6 nitrogen and oxygen atoms in total. The minimum absolute atomic E-state index is 0. The van der Waals surface area contributed by atoms with Gasteiger partial charge in [0.05, 0.1) is 0 Å². The average Bonchev–Trinajstić information content (AvgIpc) is 2.39. The summed E-state index contributed by atoms with van der Waals surface area (Å²) in [5.74, 6) is 1.14. The van der Waals surface area contributed by atoms with E-state index < -0.39 is 0 Å². The lowest BCUT2D eigenvalue weighted by atomic mass is 9.79. The van der Waals surface area contributed by atoms with Crippen LogP contribution in [0.1, 0.15) is 32.6 Å². The summed E-state index contributed by atoms with van der Waals surface area (Å²) >= 11 is 0. The zero-order valence-corrected chi connectivity index (χ0v) is 14.3. The largest absolute Gasteiger partial charge is 0.412 e. The molecule has 1 amide bonds. The van der Waals surface area contributed by atoms with Gasteiger partial charge in [0.1, 0.15) is 5.82 Å². The number of nitrogens with two attached hydrogens (primary N) is 2. The number of hydrogen-bond donors (Lipinski definition) is 3. The van der Waals surface area contributed by atoms with E-state index in [1.165, 1.54) is 0 Å². The molecule has 0 bridgehead atoms. The average molecular weight is 353 g/mol. The Balaban J connectivity index is 0. The highest BCUT2D eigenvalue weighted by atomic mass is 35.5. The predicted octanol–water partition coefficient (Wildman–Crippen LogP) is 1.77. The van der Waals surface area contributed by atoms with Crippen LogP contribution < -0.4 is 16.8 Å². The zero-order valence-electron chi connectivity index (χ0n) is 12.6. The van der Waals surface area contributed by atoms with Crippen LogP contribution in [0.15, 0.2) is 18.3 Å². The molecule has 1 fully saturated rings. The Morgan fingerprint density at radius 2 is 1.91 bits per heavy atom. The van der Waals surface area contributed by atoms with E-state index in [1.54, 1.807) is 18.3 Å². The van der Waals surface area contributed by atoms with Crippen LogP contribution in [0.3, 0.4) is 0 Å². The summed E-state index contributed by atoms with van der Waals surface area (Å²) in [7, 11) is 0. The van der Waals surface area contributed by atoms with Crippen LogP contribution in [-0.4, -0.2) is 22.4 Å². The highest BCUT2D eigenvalue weighted by Gasteiger charge is 2.27. The molecular formula is C14H26Cl2N4O2. The molecular weight excluding hydrogens is 327 g/mol. The third kappa shape index (κ3) is 6.36. The molecule has 1 aliphatic carbocycles. The number of anilines is 2. The predicted molar refractivity (Wildman–Crippen MR) is 94.5 cm³/mol. The maximum absolute atomic E-state index is 12.2. The molecule has 0 saturated heterocycles. The number of halogens is 2. The molecule has 1 aliphatic rings. The summed E-state index contributed by atoms with van der Waals surface area (Å²) in [6.45, 7) is 2.05. The molecule has 7 N–H and O–H groups in total. The maximum atomic E-state index is 12.2. The Labute approximate surface area is 143 Å². The van der Waals surface area contributed by atoms with E-state index in [4.69, 9.17) is 11.5 Å². The van der Waals surface area contributed by atoms with Crippen molar-refractivity contribution in [1.82, 2.24) is 4.98 Å². The van der Waals surface area contributed by atoms with Crippen LogP contribution in [-0.2, 0) is 4.79 Å². The molecule has 1 atom stereocenters. The second-order valence-electron chi connectivity index (χ2n) is 5.43. The SMILES string of the molecule is C[C@@H](N)[C@H]1CC[C@H](C(=O)Nc2ccnc(N)c2)CC1.Cl.Cl.O. The first-order valence-electron chi connectivity index (χ1n) is 6.84. The van der Waals surface area contributed by atoms with Gasteiger partial charge in [-0.3, -0.25) is 4.79 Å². The number of carbonyl (C=O) groups excluding carboxylic acids is 1. The lowest BCUT2D eigenvalue weighted by Crippen LogP contribution is -2.33. The first kappa shape index (κ1) is 23.2. The number of rotatable bonds is 3. The molecule has 0 spiro atoms. The number of nitrogen functional groups attached to an aromatic ring is 1. The molecule has 1 aromatic heterocycles. The molecule has 1 heterocycles. The van der Waals surface area contributed by atoms with E-state index in [1.807, 2.05) is 6.92 Å². The molecule has 0 unspecified atom stereocenters. The monoisotopic (exact) mass is 352 g/mol. The van der Waals surface area contributed by atoms with Crippen molar-refractivity contribution >= 4 is 42.2 Å². The quantitative estimate of drug-likeness (QED) is 0.765. The van der Waals surface area contributed by atoms with E-state index in [-0.39, 0.29) is 48.2 Å². The van der Waals surface area contributed by atoms with Crippen molar-refractivity contribution in [2.24, 2.45) is 17.6 Å². The Morgan fingerprint density at radius 3 is 2.41 bits per heavy atom. The van der Waals surface area contributed by atoms with Gasteiger partial charge in [-0.05, 0) is 44.6 Å². The lowest BCUT2D eigenvalue weighted by molar-refractivity contribution is -0.121. The lowest BCUT2D eigenvalue weighted by Gasteiger charge is -2.29. The van der Waals surface area contributed by atoms with Gasteiger partial charge in [-0.1, -0.05) is 0 Å². The number of amides is 1. The Kier molecular flexibility index (Phi) is 11.2. The van der Waals surface area contributed by atoms with Crippen molar-refractivity contribution in [3.05, 3.63) is 18.3 Å². The fourth-order valence-corrected chi connectivity index (χ4v) is 2.68. The van der Waals surface area contributed by atoms with E-state index >= 15 is 0 Å². The second-order valence-corrected chi connectivity index (χ2v) is 5.43. The van der Waals surface area contributed by atoms with Crippen LogP contribution in [0.25, 0.3) is 0 Å². The fourth-order valence-electron chi connectivity index (χ4n) is 2.68. The molecule has 0 aromatic carbocycles. The minimum Gasteiger partial charge on any atom is -0.412 e. The molecule has 0 aliphatic heterocycles. The Morgan fingerprint density at radius 1 is 1.32 bits per heavy atom.